The molecule has 0 saturated carbocycles. The van der Waals surface area contributed by atoms with E-state index in [-0.39, 0.29) is 40.0 Å². The van der Waals surface area contributed by atoms with Crippen LogP contribution in [-0.2, 0) is 18.4 Å². The molecular weight excluding hydrogens is 485 g/mol. The zero-order valence-corrected chi connectivity index (χ0v) is 19.7. The Morgan fingerprint density at radius 1 is 1.21 bits per heavy atom. The fourth-order valence-electron chi connectivity index (χ4n) is 2.56. The topological polar surface area (TPSA) is 106 Å². The minimum absolute atomic E-state index is 0. The molecule has 2 rings (SSSR count). The van der Waals surface area contributed by atoms with Gasteiger partial charge in [-0.1, -0.05) is 32.9 Å². The molecule has 0 atom stereocenters. The number of unbranched alkanes of at least 4 members (excludes halogenated alkanes) is 1. The number of rotatable bonds is 8. The lowest BCUT2D eigenvalue weighted by Gasteiger charge is -2.13. The van der Waals surface area contributed by atoms with Crippen molar-refractivity contribution in [3.05, 3.63) is 57.8 Å². The van der Waals surface area contributed by atoms with Gasteiger partial charge in [0, 0.05) is 31.1 Å². The Morgan fingerprint density at radius 2 is 1.90 bits per heavy atom. The first-order valence-electron chi connectivity index (χ1n) is 9.42. The summed E-state index contributed by atoms with van der Waals surface area (Å²) in [5.74, 6) is 2.19. The Balaban J connectivity index is 0.00000420. The predicted octanol–water partition coefficient (Wildman–Crippen LogP) is 4.19. The molecule has 1 heterocycles. The first-order chi connectivity index (χ1) is 13.3. The molecule has 0 saturated heterocycles. The lowest BCUT2D eigenvalue weighted by atomic mass is 9.94. The second kappa shape index (κ2) is 11.7. The van der Waals surface area contributed by atoms with Gasteiger partial charge >= 0.3 is 0 Å². The average Bonchev–Trinajstić information content (AvgIpc) is 3.14. The number of aromatic nitrogens is 1. The summed E-state index contributed by atoms with van der Waals surface area (Å²) >= 11 is 0. The van der Waals surface area contributed by atoms with Crippen molar-refractivity contribution in [3.8, 4) is 0 Å². The van der Waals surface area contributed by atoms with E-state index in [9.17, 15) is 10.1 Å². The maximum atomic E-state index is 10.7. The fraction of sp³-hybridized carbons (Fsp3) is 0.500. The van der Waals surface area contributed by atoms with Crippen molar-refractivity contribution in [2.45, 2.75) is 52.0 Å². The van der Waals surface area contributed by atoms with Crippen LogP contribution in [0.3, 0.4) is 0 Å². The van der Waals surface area contributed by atoms with Crippen LogP contribution in [-0.4, -0.2) is 29.5 Å². The molecule has 0 bridgehead atoms. The summed E-state index contributed by atoms with van der Waals surface area (Å²) in [6.07, 6.45) is 4.60. The van der Waals surface area contributed by atoms with Crippen LogP contribution in [0.2, 0.25) is 0 Å². The first kappa shape index (κ1) is 24.9. The second-order valence-electron chi connectivity index (χ2n) is 7.60. The molecule has 0 aliphatic heterocycles. The van der Waals surface area contributed by atoms with Crippen molar-refractivity contribution in [1.29, 1.82) is 0 Å². The van der Waals surface area contributed by atoms with E-state index in [1.54, 1.807) is 25.4 Å². The molecule has 0 fully saturated rings. The van der Waals surface area contributed by atoms with Crippen LogP contribution < -0.4 is 10.6 Å². The molecule has 9 heteroatoms. The highest BCUT2D eigenvalue weighted by atomic mass is 127. The van der Waals surface area contributed by atoms with Crippen LogP contribution in [0.5, 0.6) is 0 Å². The van der Waals surface area contributed by atoms with E-state index >= 15 is 0 Å². The zero-order chi connectivity index (χ0) is 20.6. The highest BCUT2D eigenvalue weighted by Crippen LogP contribution is 2.22. The average molecular weight is 515 g/mol. The van der Waals surface area contributed by atoms with E-state index in [1.165, 1.54) is 0 Å². The zero-order valence-electron chi connectivity index (χ0n) is 17.4. The Morgan fingerprint density at radius 3 is 2.45 bits per heavy atom. The van der Waals surface area contributed by atoms with Crippen molar-refractivity contribution in [2.24, 2.45) is 4.99 Å². The first-order valence-corrected chi connectivity index (χ1v) is 9.42. The predicted molar refractivity (Wildman–Crippen MR) is 125 cm³/mol. The van der Waals surface area contributed by atoms with Gasteiger partial charge < -0.3 is 15.1 Å². The Hall–Kier alpha value is -2.17. The number of halogens is 1. The van der Waals surface area contributed by atoms with Crippen molar-refractivity contribution < 1.29 is 9.34 Å². The summed E-state index contributed by atoms with van der Waals surface area (Å²) < 4.78 is 5.76. The number of nitro benzene ring substituents is 1. The van der Waals surface area contributed by atoms with Crippen molar-refractivity contribution >= 4 is 35.6 Å². The molecule has 0 radical (unpaired) electrons. The molecular formula is C20H30IN5O3. The number of non-ortho nitro benzene ring substituents is 1. The van der Waals surface area contributed by atoms with Gasteiger partial charge in [-0.3, -0.25) is 15.1 Å². The van der Waals surface area contributed by atoms with E-state index in [0.717, 1.165) is 37.1 Å². The molecule has 1 aromatic heterocycles. The standard InChI is InChI=1S/C20H29N5O3.HI/c1-20(2,3)17-13-23-18(28-17)14-24-19(21-4)22-12-6-5-7-15-8-10-16(11-9-15)25(26)27;/h8-11,13H,5-7,12,14H2,1-4H3,(H2,21,22,24);1H. The lowest BCUT2D eigenvalue weighted by molar-refractivity contribution is -0.384. The third-order valence-electron chi connectivity index (χ3n) is 4.26. The van der Waals surface area contributed by atoms with E-state index < -0.39 is 0 Å². The van der Waals surface area contributed by atoms with E-state index in [4.69, 9.17) is 4.42 Å². The van der Waals surface area contributed by atoms with Crippen LogP contribution >= 0.6 is 24.0 Å². The number of nitrogens with zero attached hydrogens (tertiary/aromatic N) is 3. The quantitative estimate of drug-likeness (QED) is 0.137. The third kappa shape index (κ3) is 8.38. The van der Waals surface area contributed by atoms with Gasteiger partial charge in [0.05, 0.1) is 17.7 Å². The highest BCUT2D eigenvalue weighted by molar-refractivity contribution is 14.0. The number of aryl methyl sites for hydroxylation is 1. The molecule has 0 amide bonds. The third-order valence-corrected chi connectivity index (χ3v) is 4.26. The van der Waals surface area contributed by atoms with Gasteiger partial charge in [0.25, 0.3) is 5.69 Å². The van der Waals surface area contributed by atoms with Gasteiger partial charge in [0.1, 0.15) is 5.76 Å². The van der Waals surface area contributed by atoms with Crippen LogP contribution in [0.25, 0.3) is 0 Å². The number of oxazole rings is 1. The Labute approximate surface area is 188 Å². The number of guanidine groups is 1. The summed E-state index contributed by atoms with van der Waals surface area (Å²) in [6.45, 7) is 7.51. The van der Waals surface area contributed by atoms with Gasteiger partial charge in [0.15, 0.2) is 5.96 Å². The van der Waals surface area contributed by atoms with E-state index in [2.05, 4.69) is 41.4 Å². The van der Waals surface area contributed by atoms with Gasteiger partial charge in [-0.05, 0) is 24.8 Å². The van der Waals surface area contributed by atoms with Crippen LogP contribution in [0.15, 0.2) is 39.9 Å². The van der Waals surface area contributed by atoms with Crippen LogP contribution in [0.1, 0.15) is 50.8 Å². The second-order valence-corrected chi connectivity index (χ2v) is 7.60. The minimum Gasteiger partial charge on any atom is -0.443 e. The van der Waals surface area contributed by atoms with Gasteiger partial charge in [-0.15, -0.1) is 24.0 Å². The Kier molecular flexibility index (Phi) is 10.1. The lowest BCUT2D eigenvalue weighted by Crippen LogP contribution is -2.37. The van der Waals surface area contributed by atoms with Crippen molar-refractivity contribution in [3.63, 3.8) is 0 Å². The smallest absolute Gasteiger partial charge is 0.269 e. The van der Waals surface area contributed by atoms with Gasteiger partial charge in [-0.25, -0.2) is 4.98 Å². The minimum atomic E-state index is -0.380. The number of hydrogen-bond acceptors (Lipinski definition) is 5. The Bertz CT molecular complexity index is 797. The maximum Gasteiger partial charge on any atom is 0.269 e. The molecule has 1 aromatic carbocycles. The largest absolute Gasteiger partial charge is 0.443 e. The normalized spacial score (nSPS) is 11.7. The molecule has 0 aliphatic carbocycles. The summed E-state index contributed by atoms with van der Waals surface area (Å²) in [5, 5.41) is 17.1. The number of nitro groups is 1. The SMILES string of the molecule is CN=C(NCCCCc1ccc([N+](=O)[O-])cc1)NCc1ncc(C(C)(C)C)o1.I. The molecule has 0 spiro atoms. The highest BCUT2D eigenvalue weighted by Gasteiger charge is 2.19. The van der Waals surface area contributed by atoms with Crippen LogP contribution in [0.4, 0.5) is 5.69 Å². The number of aliphatic imine (C=N–C) groups is 1. The summed E-state index contributed by atoms with van der Waals surface area (Å²) in [5.41, 5.74) is 1.17. The van der Waals surface area contributed by atoms with E-state index in [1.807, 2.05) is 12.1 Å². The summed E-state index contributed by atoms with van der Waals surface area (Å²) in [4.78, 5) is 18.8. The molecule has 2 N–H and O–H groups in total. The van der Waals surface area contributed by atoms with Gasteiger partial charge in [0.2, 0.25) is 5.89 Å². The molecule has 0 aliphatic rings. The van der Waals surface area contributed by atoms with Gasteiger partial charge in [-0.2, -0.15) is 0 Å². The molecule has 0 unspecified atom stereocenters. The summed E-state index contributed by atoms with van der Waals surface area (Å²) in [7, 11) is 1.72. The molecule has 8 nitrogen and oxygen atoms in total. The molecule has 160 valence electrons. The van der Waals surface area contributed by atoms with Crippen LogP contribution in [0, 0.1) is 10.1 Å². The number of benzene rings is 1. The monoisotopic (exact) mass is 515 g/mol. The number of nitrogens with one attached hydrogen (secondary N) is 2. The van der Waals surface area contributed by atoms with Crippen molar-refractivity contribution in [2.75, 3.05) is 13.6 Å². The number of hydrogen-bond donors (Lipinski definition) is 2. The van der Waals surface area contributed by atoms with E-state index in [0.29, 0.717) is 18.4 Å². The summed E-state index contributed by atoms with van der Waals surface area (Å²) in [6, 6.07) is 6.72. The maximum absolute atomic E-state index is 10.7. The molecule has 29 heavy (non-hydrogen) atoms. The molecule has 2 aromatic rings. The van der Waals surface area contributed by atoms with Crippen molar-refractivity contribution in [1.82, 2.24) is 15.6 Å². The fourth-order valence-corrected chi connectivity index (χ4v) is 2.56.